The molecule has 4 aromatic rings. The van der Waals surface area contributed by atoms with Crippen LogP contribution in [0.3, 0.4) is 0 Å². The van der Waals surface area contributed by atoms with Crippen molar-refractivity contribution in [2.45, 2.75) is 19.4 Å². The van der Waals surface area contributed by atoms with E-state index in [2.05, 4.69) is 21.8 Å². The van der Waals surface area contributed by atoms with Crippen LogP contribution in [0.15, 0.2) is 59.7 Å². The number of carbonyl (C=O) groups excluding carboxylic acids is 1. The summed E-state index contributed by atoms with van der Waals surface area (Å²) in [5, 5.41) is 0. The number of nitrogens with zero attached hydrogens (tertiary/aromatic N) is 5. The summed E-state index contributed by atoms with van der Waals surface area (Å²) in [7, 11) is 1.61. The highest BCUT2D eigenvalue weighted by atomic mass is 16.5. The van der Waals surface area contributed by atoms with E-state index in [4.69, 9.17) is 15.2 Å². The Balaban J connectivity index is 1.50. The normalized spacial score (nSPS) is 14.9. The van der Waals surface area contributed by atoms with Gasteiger partial charge in [-0.15, -0.1) is 0 Å². The highest BCUT2D eigenvalue weighted by Gasteiger charge is 2.31. The molecule has 1 atom stereocenters. The van der Waals surface area contributed by atoms with Crippen LogP contribution in [0.5, 0.6) is 17.2 Å². The van der Waals surface area contributed by atoms with Crippen molar-refractivity contribution in [1.82, 2.24) is 24.0 Å². The highest BCUT2D eigenvalue weighted by molar-refractivity contribution is 5.93. The number of hydrogen-bond acceptors (Lipinski definition) is 7. The molecule has 182 valence electrons. The van der Waals surface area contributed by atoms with Gasteiger partial charge in [0.25, 0.3) is 5.91 Å². The molecule has 3 heterocycles. The molecule has 2 aromatic heterocycles. The number of amides is 1. The second kappa shape index (κ2) is 9.46. The molecule has 1 aliphatic heterocycles. The maximum Gasteiger partial charge on any atom is 0.335 e. The molecule has 1 fully saturated rings. The van der Waals surface area contributed by atoms with Gasteiger partial charge in [0, 0.05) is 13.1 Å². The topological polar surface area (TPSA) is 118 Å². The van der Waals surface area contributed by atoms with E-state index in [0.29, 0.717) is 47.9 Å². The second-order valence-electron chi connectivity index (χ2n) is 8.26. The van der Waals surface area contributed by atoms with E-state index >= 15 is 0 Å². The van der Waals surface area contributed by atoms with Crippen molar-refractivity contribution in [3.63, 3.8) is 0 Å². The predicted molar refractivity (Wildman–Crippen MR) is 134 cm³/mol. The number of nitrogens with two attached hydrogens (primary N) is 1. The Bertz CT molecular complexity index is 1540. The van der Waals surface area contributed by atoms with E-state index in [1.807, 2.05) is 24.3 Å². The molecule has 1 saturated heterocycles. The number of nitrogen functional groups attached to an aromatic ring is 1. The van der Waals surface area contributed by atoms with Crippen LogP contribution < -0.4 is 20.9 Å². The molecule has 1 amide bonds. The Labute approximate surface area is 206 Å². The average Bonchev–Trinajstić information content (AvgIpc) is 3.48. The minimum atomic E-state index is -0.304. The summed E-state index contributed by atoms with van der Waals surface area (Å²) in [6, 6.07) is 14.1. The first-order chi connectivity index (χ1) is 17.5. The van der Waals surface area contributed by atoms with E-state index < -0.39 is 0 Å². The number of methoxy groups -OCH3 is 1. The molecule has 1 aliphatic rings. The second-order valence-corrected chi connectivity index (χ2v) is 8.26. The first-order valence-corrected chi connectivity index (χ1v) is 11.4. The molecule has 0 spiro atoms. The predicted octanol–water partition coefficient (Wildman–Crippen LogP) is 2.76. The van der Waals surface area contributed by atoms with E-state index in [9.17, 15) is 9.59 Å². The Kier molecular flexibility index (Phi) is 6.04. The van der Waals surface area contributed by atoms with Crippen LogP contribution in [0.1, 0.15) is 19.4 Å². The van der Waals surface area contributed by atoms with E-state index in [1.165, 1.54) is 10.9 Å². The van der Waals surface area contributed by atoms with Gasteiger partial charge >= 0.3 is 5.69 Å². The van der Waals surface area contributed by atoms with Crippen LogP contribution >= 0.6 is 0 Å². The first kappa shape index (κ1) is 23.0. The standard InChI is InChI=1S/C26H24N6O4/c1-3-4-22(33)30-14-13-18(15-30)32-25-23(24(27)28-16-29-25)31(26(32)34)17-5-7-20(8-6-17)36-21-11-9-19(35-2)10-12-21/h5-12,16,18H,13-15H2,1-2H3,(H2,27,28,29). The van der Waals surface area contributed by atoms with Crippen LogP contribution in [-0.2, 0) is 4.79 Å². The molecule has 0 aliphatic carbocycles. The lowest BCUT2D eigenvalue weighted by Gasteiger charge is -2.14. The van der Waals surface area contributed by atoms with Crippen molar-refractivity contribution in [3.05, 3.63) is 65.3 Å². The van der Waals surface area contributed by atoms with Gasteiger partial charge in [-0.1, -0.05) is 5.92 Å². The van der Waals surface area contributed by atoms with Gasteiger partial charge in [-0.25, -0.2) is 14.8 Å². The number of likely N-dealkylation sites (tertiary alicyclic amines) is 1. The van der Waals surface area contributed by atoms with Crippen LogP contribution in [0.25, 0.3) is 16.9 Å². The fourth-order valence-corrected chi connectivity index (χ4v) is 4.40. The zero-order valence-electron chi connectivity index (χ0n) is 19.8. The van der Waals surface area contributed by atoms with Crippen molar-refractivity contribution in [1.29, 1.82) is 0 Å². The molecule has 2 N–H and O–H groups in total. The van der Waals surface area contributed by atoms with E-state index in [-0.39, 0.29) is 23.5 Å². The third-order valence-corrected chi connectivity index (χ3v) is 6.12. The summed E-state index contributed by atoms with van der Waals surface area (Å²) in [5.74, 6) is 7.13. The molecular weight excluding hydrogens is 460 g/mol. The summed E-state index contributed by atoms with van der Waals surface area (Å²) in [6.45, 7) is 2.50. The Morgan fingerprint density at radius 3 is 2.39 bits per heavy atom. The van der Waals surface area contributed by atoms with Crippen LogP contribution in [-0.4, -0.2) is 50.1 Å². The van der Waals surface area contributed by atoms with Crippen molar-refractivity contribution < 1.29 is 14.3 Å². The lowest BCUT2D eigenvalue weighted by Crippen LogP contribution is -2.31. The maximum atomic E-state index is 13.7. The van der Waals surface area contributed by atoms with Crippen LogP contribution in [0.4, 0.5) is 5.82 Å². The van der Waals surface area contributed by atoms with Crippen molar-refractivity contribution >= 4 is 22.9 Å². The Morgan fingerprint density at radius 1 is 1.06 bits per heavy atom. The largest absolute Gasteiger partial charge is 0.497 e. The number of carbonyl (C=O) groups is 1. The number of hydrogen-bond donors (Lipinski definition) is 1. The van der Waals surface area contributed by atoms with Gasteiger partial charge in [-0.2, -0.15) is 0 Å². The van der Waals surface area contributed by atoms with Gasteiger partial charge < -0.3 is 20.1 Å². The zero-order valence-corrected chi connectivity index (χ0v) is 19.8. The summed E-state index contributed by atoms with van der Waals surface area (Å²) in [5.41, 5.74) is 7.34. The average molecular weight is 485 g/mol. The molecule has 2 aromatic carbocycles. The minimum absolute atomic E-state index is 0.192. The minimum Gasteiger partial charge on any atom is -0.497 e. The summed E-state index contributed by atoms with van der Waals surface area (Å²) in [6.07, 6.45) is 1.94. The van der Waals surface area contributed by atoms with Gasteiger partial charge in [-0.3, -0.25) is 13.9 Å². The summed E-state index contributed by atoms with van der Waals surface area (Å²) in [4.78, 5) is 36.1. The molecule has 1 unspecified atom stereocenters. The molecule has 10 heteroatoms. The van der Waals surface area contributed by atoms with E-state index in [1.54, 1.807) is 47.8 Å². The quantitative estimate of drug-likeness (QED) is 0.433. The van der Waals surface area contributed by atoms with Crippen LogP contribution in [0, 0.1) is 11.8 Å². The molecule has 0 bridgehead atoms. The third-order valence-electron chi connectivity index (χ3n) is 6.12. The Hall–Kier alpha value is -4.78. The number of ether oxygens (including phenoxy) is 2. The zero-order chi connectivity index (χ0) is 25.2. The van der Waals surface area contributed by atoms with Gasteiger partial charge in [0.1, 0.15) is 29.1 Å². The molecule has 36 heavy (non-hydrogen) atoms. The number of aromatic nitrogens is 4. The molecule has 10 nitrogen and oxygen atoms in total. The lowest BCUT2D eigenvalue weighted by atomic mass is 10.2. The Morgan fingerprint density at radius 2 is 1.72 bits per heavy atom. The van der Waals surface area contributed by atoms with Gasteiger partial charge in [0.15, 0.2) is 11.5 Å². The summed E-state index contributed by atoms with van der Waals surface area (Å²) < 4.78 is 14.2. The number of fused-ring (bicyclic) bond motifs is 1. The van der Waals surface area contributed by atoms with Crippen molar-refractivity contribution in [2.24, 2.45) is 0 Å². The highest BCUT2D eigenvalue weighted by Crippen LogP contribution is 2.29. The fourth-order valence-electron chi connectivity index (χ4n) is 4.40. The first-order valence-electron chi connectivity index (χ1n) is 11.4. The monoisotopic (exact) mass is 484 g/mol. The van der Waals surface area contributed by atoms with Crippen molar-refractivity contribution in [2.75, 3.05) is 25.9 Å². The number of imidazole rings is 1. The van der Waals surface area contributed by atoms with Gasteiger partial charge in [0.05, 0.1) is 18.8 Å². The summed E-state index contributed by atoms with van der Waals surface area (Å²) >= 11 is 0. The number of benzene rings is 2. The molecular formula is C26H24N6O4. The van der Waals surface area contributed by atoms with Gasteiger partial charge in [-0.05, 0) is 67.8 Å². The number of rotatable bonds is 5. The molecule has 0 saturated carbocycles. The third kappa shape index (κ3) is 4.11. The molecule has 0 radical (unpaired) electrons. The van der Waals surface area contributed by atoms with Crippen molar-refractivity contribution in [3.8, 4) is 34.8 Å². The maximum absolute atomic E-state index is 13.7. The lowest BCUT2D eigenvalue weighted by molar-refractivity contribution is -0.124. The number of anilines is 1. The fraction of sp³-hybridized carbons (Fsp3) is 0.231. The molecule has 5 rings (SSSR count). The SMILES string of the molecule is CC#CC(=O)N1CCC(n2c(=O)n(-c3ccc(Oc4ccc(OC)cc4)cc3)c3c(N)ncnc32)C1. The van der Waals surface area contributed by atoms with Crippen LogP contribution in [0.2, 0.25) is 0 Å². The van der Waals surface area contributed by atoms with E-state index in [0.717, 1.165) is 5.75 Å². The van der Waals surface area contributed by atoms with Gasteiger partial charge in [0.2, 0.25) is 0 Å². The smallest absolute Gasteiger partial charge is 0.335 e.